The highest BCUT2D eigenvalue weighted by molar-refractivity contribution is 4.82. The van der Waals surface area contributed by atoms with Gasteiger partial charge in [0.05, 0.1) is 6.33 Å². The maximum Gasteiger partial charge on any atom is 0.253 e. The van der Waals surface area contributed by atoms with Crippen LogP contribution in [0.15, 0.2) is 23.4 Å². The van der Waals surface area contributed by atoms with Gasteiger partial charge in [0.25, 0.3) is 5.56 Å². The SMILES string of the molecule is O=c1ccncn1CCCC1CCCN1. The number of hydrogen-bond acceptors (Lipinski definition) is 3. The van der Waals surface area contributed by atoms with Crippen LogP contribution in [0.3, 0.4) is 0 Å². The Bertz CT molecular complexity index is 355. The van der Waals surface area contributed by atoms with E-state index in [0.29, 0.717) is 6.04 Å². The Morgan fingerprint density at radius 3 is 3.27 bits per heavy atom. The normalized spacial score (nSPS) is 20.7. The molecule has 1 aromatic heterocycles. The first-order valence-corrected chi connectivity index (χ1v) is 5.60. The third-order valence-electron chi connectivity index (χ3n) is 2.91. The van der Waals surface area contributed by atoms with Crippen LogP contribution in [0.5, 0.6) is 0 Å². The highest BCUT2D eigenvalue weighted by Crippen LogP contribution is 2.10. The van der Waals surface area contributed by atoms with Crippen molar-refractivity contribution >= 4 is 0 Å². The molecule has 1 aliphatic rings. The lowest BCUT2D eigenvalue weighted by atomic mass is 10.1. The number of nitrogens with one attached hydrogen (secondary N) is 1. The molecule has 4 heteroatoms. The van der Waals surface area contributed by atoms with E-state index in [4.69, 9.17) is 0 Å². The van der Waals surface area contributed by atoms with E-state index in [2.05, 4.69) is 10.3 Å². The van der Waals surface area contributed by atoms with Gasteiger partial charge in [0.15, 0.2) is 0 Å². The molecule has 82 valence electrons. The van der Waals surface area contributed by atoms with E-state index in [1.807, 2.05) is 0 Å². The van der Waals surface area contributed by atoms with E-state index >= 15 is 0 Å². The number of aromatic nitrogens is 2. The second kappa shape index (κ2) is 5.07. The average molecular weight is 207 g/mol. The summed E-state index contributed by atoms with van der Waals surface area (Å²) in [6.45, 7) is 1.93. The Labute approximate surface area is 89.3 Å². The van der Waals surface area contributed by atoms with Crippen LogP contribution >= 0.6 is 0 Å². The van der Waals surface area contributed by atoms with Crippen LogP contribution in [0.2, 0.25) is 0 Å². The van der Waals surface area contributed by atoms with Crippen LogP contribution in [0.25, 0.3) is 0 Å². The van der Waals surface area contributed by atoms with Crippen LogP contribution in [0.4, 0.5) is 0 Å². The molecule has 0 bridgehead atoms. The topological polar surface area (TPSA) is 46.9 Å². The average Bonchev–Trinajstić information content (AvgIpc) is 2.74. The van der Waals surface area contributed by atoms with Gasteiger partial charge in [-0.15, -0.1) is 0 Å². The van der Waals surface area contributed by atoms with Gasteiger partial charge in [-0.25, -0.2) is 4.98 Å². The molecule has 4 nitrogen and oxygen atoms in total. The Hall–Kier alpha value is -1.16. The molecule has 1 saturated heterocycles. The van der Waals surface area contributed by atoms with Crippen molar-refractivity contribution in [2.45, 2.75) is 38.3 Å². The third-order valence-corrected chi connectivity index (χ3v) is 2.91. The first-order chi connectivity index (χ1) is 7.36. The standard InChI is InChI=1S/C11H17N3O/c15-11-5-7-12-9-14(11)8-2-4-10-3-1-6-13-10/h5,7,9-10,13H,1-4,6,8H2. The predicted octanol–water partition coefficient (Wildman–Crippen LogP) is 0.776. The summed E-state index contributed by atoms with van der Waals surface area (Å²) in [7, 11) is 0. The van der Waals surface area contributed by atoms with Gasteiger partial charge in [-0.3, -0.25) is 9.36 Å². The summed E-state index contributed by atoms with van der Waals surface area (Å²) in [5, 5.41) is 3.45. The minimum absolute atomic E-state index is 0.0457. The fourth-order valence-corrected chi connectivity index (χ4v) is 2.06. The zero-order valence-electron chi connectivity index (χ0n) is 8.85. The van der Waals surface area contributed by atoms with Crippen LogP contribution in [-0.2, 0) is 6.54 Å². The minimum Gasteiger partial charge on any atom is -0.314 e. The van der Waals surface area contributed by atoms with Crippen molar-refractivity contribution in [2.75, 3.05) is 6.54 Å². The first-order valence-electron chi connectivity index (χ1n) is 5.60. The fraction of sp³-hybridized carbons (Fsp3) is 0.636. The van der Waals surface area contributed by atoms with Gasteiger partial charge >= 0.3 is 0 Å². The molecule has 1 aliphatic heterocycles. The molecule has 1 atom stereocenters. The number of aryl methyl sites for hydroxylation is 1. The summed E-state index contributed by atoms with van der Waals surface area (Å²) < 4.78 is 1.68. The van der Waals surface area contributed by atoms with Gasteiger partial charge in [0.1, 0.15) is 0 Å². The van der Waals surface area contributed by atoms with Crippen LogP contribution in [-0.4, -0.2) is 22.1 Å². The summed E-state index contributed by atoms with van der Waals surface area (Å²) in [5.74, 6) is 0. The third kappa shape index (κ3) is 2.89. The summed E-state index contributed by atoms with van der Waals surface area (Å²) in [6.07, 6.45) is 7.92. The molecule has 15 heavy (non-hydrogen) atoms. The van der Waals surface area contributed by atoms with Crippen molar-refractivity contribution in [1.82, 2.24) is 14.9 Å². The largest absolute Gasteiger partial charge is 0.314 e. The highest BCUT2D eigenvalue weighted by atomic mass is 16.1. The molecule has 0 radical (unpaired) electrons. The molecule has 1 fully saturated rings. The zero-order chi connectivity index (χ0) is 10.5. The van der Waals surface area contributed by atoms with Gasteiger partial charge in [0, 0.05) is 24.8 Å². The number of nitrogens with zero attached hydrogens (tertiary/aromatic N) is 2. The van der Waals surface area contributed by atoms with E-state index in [1.165, 1.54) is 25.1 Å². The maximum absolute atomic E-state index is 11.4. The second-order valence-corrected chi connectivity index (χ2v) is 4.05. The fourth-order valence-electron chi connectivity index (χ4n) is 2.06. The van der Waals surface area contributed by atoms with E-state index in [9.17, 15) is 4.79 Å². The summed E-state index contributed by atoms with van der Waals surface area (Å²) in [6, 6.07) is 2.17. The van der Waals surface area contributed by atoms with Crippen molar-refractivity contribution in [3.05, 3.63) is 28.9 Å². The summed E-state index contributed by atoms with van der Waals surface area (Å²) in [5.41, 5.74) is 0.0457. The predicted molar refractivity (Wildman–Crippen MR) is 58.8 cm³/mol. The van der Waals surface area contributed by atoms with Gasteiger partial charge in [-0.05, 0) is 32.2 Å². The Kier molecular flexibility index (Phi) is 3.50. The second-order valence-electron chi connectivity index (χ2n) is 4.05. The molecule has 0 aliphatic carbocycles. The smallest absolute Gasteiger partial charge is 0.253 e. The molecule has 1 aromatic rings. The molecule has 1 unspecified atom stereocenters. The van der Waals surface area contributed by atoms with Crippen molar-refractivity contribution in [3.8, 4) is 0 Å². The quantitative estimate of drug-likeness (QED) is 0.793. The lowest BCUT2D eigenvalue weighted by Crippen LogP contribution is -2.23. The first kappa shape index (κ1) is 10.4. The van der Waals surface area contributed by atoms with E-state index in [0.717, 1.165) is 25.9 Å². The van der Waals surface area contributed by atoms with Crippen LogP contribution in [0, 0.1) is 0 Å². The maximum atomic E-state index is 11.4. The minimum atomic E-state index is 0.0457. The van der Waals surface area contributed by atoms with Gasteiger partial charge in [-0.1, -0.05) is 0 Å². The molecule has 2 rings (SSSR count). The molecule has 2 heterocycles. The Balaban J connectivity index is 1.78. The molecule has 0 saturated carbocycles. The monoisotopic (exact) mass is 207 g/mol. The molecular formula is C11H17N3O. The molecule has 0 aromatic carbocycles. The number of rotatable bonds is 4. The van der Waals surface area contributed by atoms with E-state index in [-0.39, 0.29) is 5.56 Å². The molecular weight excluding hydrogens is 190 g/mol. The van der Waals surface area contributed by atoms with Crippen molar-refractivity contribution < 1.29 is 0 Å². The van der Waals surface area contributed by atoms with Gasteiger partial charge < -0.3 is 5.32 Å². The zero-order valence-corrected chi connectivity index (χ0v) is 8.85. The molecule has 0 amide bonds. The molecule has 1 N–H and O–H groups in total. The van der Waals surface area contributed by atoms with Crippen LogP contribution < -0.4 is 10.9 Å². The summed E-state index contributed by atoms with van der Waals surface area (Å²) in [4.78, 5) is 15.3. The van der Waals surface area contributed by atoms with Gasteiger partial charge in [-0.2, -0.15) is 0 Å². The lowest BCUT2D eigenvalue weighted by molar-refractivity contribution is 0.495. The van der Waals surface area contributed by atoms with E-state index < -0.39 is 0 Å². The molecule has 0 spiro atoms. The van der Waals surface area contributed by atoms with Crippen molar-refractivity contribution in [3.63, 3.8) is 0 Å². The highest BCUT2D eigenvalue weighted by Gasteiger charge is 2.12. The lowest BCUT2D eigenvalue weighted by Gasteiger charge is -2.10. The van der Waals surface area contributed by atoms with Crippen LogP contribution in [0.1, 0.15) is 25.7 Å². The summed E-state index contributed by atoms with van der Waals surface area (Å²) >= 11 is 0. The van der Waals surface area contributed by atoms with Gasteiger partial charge in [0.2, 0.25) is 0 Å². The Morgan fingerprint density at radius 1 is 1.60 bits per heavy atom. The van der Waals surface area contributed by atoms with Crippen molar-refractivity contribution in [1.29, 1.82) is 0 Å². The van der Waals surface area contributed by atoms with Crippen molar-refractivity contribution in [2.24, 2.45) is 0 Å². The number of hydrogen-bond donors (Lipinski definition) is 1. The van der Waals surface area contributed by atoms with E-state index in [1.54, 1.807) is 10.9 Å². The Morgan fingerprint density at radius 2 is 2.53 bits per heavy atom.